The van der Waals surface area contributed by atoms with Gasteiger partial charge in [-0.2, -0.15) is 0 Å². The van der Waals surface area contributed by atoms with E-state index in [0.717, 1.165) is 19.3 Å². The van der Waals surface area contributed by atoms with Crippen molar-refractivity contribution >= 4 is 11.9 Å². The number of ether oxygens (including phenoxy) is 1. The van der Waals surface area contributed by atoms with Crippen LogP contribution in [0.5, 0.6) is 5.75 Å². The predicted octanol–water partition coefficient (Wildman–Crippen LogP) is 1.01. The van der Waals surface area contributed by atoms with Crippen molar-refractivity contribution in [1.82, 2.24) is 0 Å². The first-order chi connectivity index (χ1) is 7.90. The lowest BCUT2D eigenvalue weighted by atomic mass is 10.3. The van der Waals surface area contributed by atoms with Crippen LogP contribution in [0.1, 0.15) is 13.8 Å². The minimum atomic E-state index is -0.833. The van der Waals surface area contributed by atoms with Gasteiger partial charge in [-0.15, -0.1) is 0 Å². The minimum absolute atomic E-state index is 0.333. The van der Waals surface area contributed by atoms with Crippen LogP contribution in [0.15, 0.2) is 30.3 Å². The van der Waals surface area contributed by atoms with Crippen molar-refractivity contribution in [3.63, 3.8) is 0 Å². The normalized spacial score (nSPS) is 7.65. The van der Waals surface area contributed by atoms with E-state index in [1.807, 2.05) is 37.3 Å². The van der Waals surface area contributed by atoms with Crippen molar-refractivity contribution in [2.24, 2.45) is 11.5 Å². The number of rotatable bonds is 2. The number of nitrogens with two attached hydrogens (primary N) is 2. The van der Waals surface area contributed by atoms with Gasteiger partial charge in [0.2, 0.25) is 0 Å². The Hall–Kier alpha value is -2.24. The molecule has 17 heavy (non-hydrogen) atoms. The molecule has 6 nitrogen and oxygen atoms in total. The fourth-order valence-corrected chi connectivity index (χ4v) is 0.683. The van der Waals surface area contributed by atoms with Crippen molar-refractivity contribution in [1.29, 1.82) is 5.41 Å². The molecule has 96 valence electrons. The molecule has 0 radical (unpaired) electrons. The highest BCUT2D eigenvalue weighted by Gasteiger charge is 1.83. The molecule has 0 saturated heterocycles. The molecule has 0 amide bonds. The number of nitrogens with one attached hydrogen (secondary N) is 1. The molecule has 0 aliphatic rings. The maximum atomic E-state index is 9.00. The summed E-state index contributed by atoms with van der Waals surface area (Å²) >= 11 is 0. The first-order valence-electron chi connectivity index (χ1n) is 4.87. The Morgan fingerprint density at radius 2 is 1.71 bits per heavy atom. The summed E-state index contributed by atoms with van der Waals surface area (Å²) in [5.74, 6) is -0.222. The van der Waals surface area contributed by atoms with Crippen LogP contribution >= 0.6 is 0 Å². The highest BCUT2D eigenvalue weighted by Crippen LogP contribution is 2.06. The zero-order chi connectivity index (χ0) is 13.7. The second-order valence-electron chi connectivity index (χ2n) is 2.72. The second kappa shape index (κ2) is 11.8. The molecule has 0 fully saturated rings. The van der Waals surface area contributed by atoms with Gasteiger partial charge in [-0.05, 0) is 19.1 Å². The Bertz CT molecular complexity index is 295. The molecule has 6 N–H and O–H groups in total. The van der Waals surface area contributed by atoms with Crippen LogP contribution in [0.25, 0.3) is 0 Å². The van der Waals surface area contributed by atoms with Gasteiger partial charge in [-0.3, -0.25) is 10.2 Å². The molecular weight excluding hydrogens is 222 g/mol. The van der Waals surface area contributed by atoms with E-state index in [9.17, 15) is 0 Å². The van der Waals surface area contributed by atoms with E-state index in [-0.39, 0.29) is 5.96 Å². The van der Waals surface area contributed by atoms with E-state index < -0.39 is 5.97 Å². The van der Waals surface area contributed by atoms with Gasteiger partial charge in [-0.1, -0.05) is 18.2 Å². The lowest BCUT2D eigenvalue weighted by Gasteiger charge is -1.99. The lowest BCUT2D eigenvalue weighted by molar-refractivity contribution is -0.134. The summed E-state index contributed by atoms with van der Waals surface area (Å²) < 4.78 is 5.21. The molecule has 1 rings (SSSR count). The number of carboxylic acid groups (broad SMARTS) is 1. The van der Waals surface area contributed by atoms with Gasteiger partial charge < -0.3 is 21.3 Å². The Balaban J connectivity index is 0. The molecule has 0 bridgehead atoms. The molecule has 0 aromatic heterocycles. The molecule has 0 heterocycles. The van der Waals surface area contributed by atoms with E-state index in [1.54, 1.807) is 0 Å². The molecule has 0 spiro atoms. The average Bonchev–Trinajstić information content (AvgIpc) is 2.18. The van der Waals surface area contributed by atoms with Crippen LogP contribution in [0.3, 0.4) is 0 Å². The Labute approximate surface area is 101 Å². The van der Waals surface area contributed by atoms with Crippen LogP contribution in [0.2, 0.25) is 0 Å². The minimum Gasteiger partial charge on any atom is -0.494 e. The van der Waals surface area contributed by atoms with Crippen molar-refractivity contribution in [3.05, 3.63) is 30.3 Å². The monoisotopic (exact) mass is 241 g/mol. The van der Waals surface area contributed by atoms with Crippen LogP contribution < -0.4 is 16.2 Å². The average molecular weight is 241 g/mol. The van der Waals surface area contributed by atoms with Crippen LogP contribution in [0, 0.1) is 5.41 Å². The standard InChI is InChI=1S/C8H10O.C2H4O2.CH5N3/c1-2-9-8-6-4-3-5-7-8;1-2(3)4;2-1(3)4/h3-7H,2H2,1H3;1H3,(H,3,4);(H5,2,3,4). The number of hydrogen-bond acceptors (Lipinski definition) is 3. The zero-order valence-corrected chi connectivity index (χ0v) is 10.0. The van der Waals surface area contributed by atoms with Crippen LogP contribution in [0.4, 0.5) is 0 Å². The van der Waals surface area contributed by atoms with Crippen molar-refractivity contribution in [3.8, 4) is 5.75 Å². The van der Waals surface area contributed by atoms with Crippen molar-refractivity contribution in [2.45, 2.75) is 13.8 Å². The maximum absolute atomic E-state index is 9.00. The van der Waals surface area contributed by atoms with E-state index in [2.05, 4.69) is 11.5 Å². The van der Waals surface area contributed by atoms with Crippen LogP contribution in [-0.4, -0.2) is 23.6 Å². The van der Waals surface area contributed by atoms with E-state index in [0.29, 0.717) is 0 Å². The fourth-order valence-electron chi connectivity index (χ4n) is 0.683. The van der Waals surface area contributed by atoms with E-state index in [1.165, 1.54) is 0 Å². The first kappa shape index (κ1) is 17.2. The van der Waals surface area contributed by atoms with E-state index >= 15 is 0 Å². The summed E-state index contributed by atoms with van der Waals surface area (Å²) in [5.41, 5.74) is 8.94. The summed E-state index contributed by atoms with van der Waals surface area (Å²) in [5, 5.41) is 13.5. The Kier molecular flexibility index (Phi) is 11.9. The number of guanidine groups is 1. The number of hydrogen-bond donors (Lipinski definition) is 4. The zero-order valence-electron chi connectivity index (χ0n) is 10.0. The van der Waals surface area contributed by atoms with Crippen molar-refractivity contribution in [2.75, 3.05) is 6.61 Å². The second-order valence-corrected chi connectivity index (χ2v) is 2.72. The summed E-state index contributed by atoms with van der Waals surface area (Å²) in [6.45, 7) is 3.80. The van der Waals surface area contributed by atoms with Gasteiger partial charge in [0.1, 0.15) is 5.75 Å². The highest BCUT2D eigenvalue weighted by atomic mass is 16.5. The molecule has 0 unspecified atom stereocenters. The summed E-state index contributed by atoms with van der Waals surface area (Å²) in [6, 6.07) is 9.80. The van der Waals surface area contributed by atoms with Gasteiger partial charge in [0, 0.05) is 6.92 Å². The van der Waals surface area contributed by atoms with E-state index in [4.69, 9.17) is 20.0 Å². The number of carboxylic acids is 1. The molecule has 0 aliphatic heterocycles. The highest BCUT2D eigenvalue weighted by molar-refractivity contribution is 5.71. The molecule has 1 aromatic rings. The number of para-hydroxylation sites is 1. The first-order valence-corrected chi connectivity index (χ1v) is 4.87. The molecule has 6 heteroatoms. The van der Waals surface area contributed by atoms with Gasteiger partial charge >= 0.3 is 0 Å². The topological polar surface area (TPSA) is 122 Å². The number of benzene rings is 1. The van der Waals surface area contributed by atoms with Gasteiger partial charge in [0.15, 0.2) is 5.96 Å². The summed E-state index contributed by atoms with van der Waals surface area (Å²) in [4.78, 5) is 9.00. The predicted molar refractivity (Wildman–Crippen MR) is 67.0 cm³/mol. The molecule has 1 aromatic carbocycles. The smallest absolute Gasteiger partial charge is 0.300 e. The number of aliphatic carboxylic acids is 1. The maximum Gasteiger partial charge on any atom is 0.300 e. The van der Waals surface area contributed by atoms with Gasteiger partial charge in [0.25, 0.3) is 5.97 Å². The van der Waals surface area contributed by atoms with Crippen LogP contribution in [-0.2, 0) is 4.79 Å². The van der Waals surface area contributed by atoms with Gasteiger partial charge in [-0.25, -0.2) is 0 Å². The largest absolute Gasteiger partial charge is 0.494 e. The molecule has 0 aliphatic carbocycles. The Morgan fingerprint density at radius 1 is 1.35 bits per heavy atom. The summed E-state index contributed by atoms with van der Waals surface area (Å²) in [6.07, 6.45) is 0. The third-order valence-corrected chi connectivity index (χ3v) is 1.05. The fraction of sp³-hybridized carbons (Fsp3) is 0.273. The summed E-state index contributed by atoms with van der Waals surface area (Å²) in [7, 11) is 0. The van der Waals surface area contributed by atoms with Crippen molar-refractivity contribution < 1.29 is 14.6 Å². The molecule has 0 saturated carbocycles. The Morgan fingerprint density at radius 3 is 2.00 bits per heavy atom. The lowest BCUT2D eigenvalue weighted by Crippen LogP contribution is -2.20. The third-order valence-electron chi connectivity index (χ3n) is 1.05. The molecule has 0 atom stereocenters. The van der Waals surface area contributed by atoms with Gasteiger partial charge in [0.05, 0.1) is 6.61 Å². The number of carbonyl (C=O) groups is 1. The molecular formula is C11H19N3O3. The third kappa shape index (κ3) is 24.8. The quantitative estimate of drug-likeness (QED) is 0.454. The SMILES string of the molecule is CC(=O)O.CCOc1ccccc1.N=C(N)N.